The van der Waals surface area contributed by atoms with Crippen molar-refractivity contribution in [3.63, 3.8) is 0 Å². The highest BCUT2D eigenvalue weighted by atomic mass is 16.2. The van der Waals surface area contributed by atoms with Gasteiger partial charge >= 0.3 is 6.03 Å². The summed E-state index contributed by atoms with van der Waals surface area (Å²) < 4.78 is 0. The van der Waals surface area contributed by atoms with Crippen molar-refractivity contribution in [3.05, 3.63) is 35.9 Å². The molecule has 0 aliphatic heterocycles. The number of rotatable bonds is 7. The van der Waals surface area contributed by atoms with E-state index in [1.807, 2.05) is 30.4 Å². The van der Waals surface area contributed by atoms with E-state index in [0.717, 1.165) is 6.42 Å². The largest absolute Gasteiger partial charge is 0.338 e. The molecule has 116 valence electrons. The summed E-state index contributed by atoms with van der Waals surface area (Å²) in [6.45, 7) is 7.02. The fraction of sp³-hybridized carbons (Fsp3) is 0.500. The Hall–Kier alpha value is -1.88. The van der Waals surface area contributed by atoms with Gasteiger partial charge in [0.05, 0.1) is 0 Å². The maximum absolute atomic E-state index is 11.8. The number of imide groups is 1. The van der Waals surface area contributed by atoms with E-state index in [1.54, 1.807) is 0 Å². The van der Waals surface area contributed by atoms with Gasteiger partial charge in [-0.1, -0.05) is 51.1 Å². The van der Waals surface area contributed by atoms with E-state index in [4.69, 9.17) is 0 Å². The van der Waals surface area contributed by atoms with E-state index >= 15 is 0 Å². The monoisotopic (exact) mass is 292 g/mol. The lowest BCUT2D eigenvalue weighted by Crippen LogP contribution is -2.88. The number of hydrogen-bond donors (Lipinski definition) is 3. The minimum absolute atomic E-state index is 0.204. The summed E-state index contributed by atoms with van der Waals surface area (Å²) >= 11 is 0. The second-order valence-corrected chi connectivity index (χ2v) is 5.42. The molecule has 0 fully saturated rings. The summed E-state index contributed by atoms with van der Waals surface area (Å²) in [4.78, 5) is 23.2. The van der Waals surface area contributed by atoms with Crippen LogP contribution in [0.25, 0.3) is 0 Å². The van der Waals surface area contributed by atoms with E-state index in [1.165, 1.54) is 5.56 Å². The Morgan fingerprint density at radius 2 is 1.86 bits per heavy atom. The first-order valence-corrected chi connectivity index (χ1v) is 7.50. The smallest absolute Gasteiger partial charge is 0.321 e. The zero-order valence-electron chi connectivity index (χ0n) is 13.1. The van der Waals surface area contributed by atoms with E-state index in [-0.39, 0.29) is 18.5 Å². The average molecular weight is 292 g/mol. The predicted octanol–water partition coefficient (Wildman–Crippen LogP) is 1.18. The highest BCUT2D eigenvalue weighted by molar-refractivity contribution is 5.94. The Kier molecular flexibility index (Phi) is 7.46. The number of benzene rings is 1. The number of hydrogen-bond acceptors (Lipinski definition) is 2. The summed E-state index contributed by atoms with van der Waals surface area (Å²) in [5, 5.41) is 6.94. The first-order valence-electron chi connectivity index (χ1n) is 7.50. The van der Waals surface area contributed by atoms with Crippen molar-refractivity contribution in [1.82, 2.24) is 10.6 Å². The molecule has 1 aromatic carbocycles. The van der Waals surface area contributed by atoms with Crippen LogP contribution in [0.5, 0.6) is 0 Å². The molecule has 0 spiro atoms. The molecule has 0 saturated carbocycles. The average Bonchev–Trinajstić information content (AvgIpc) is 2.46. The molecule has 1 atom stereocenters. The fourth-order valence-corrected chi connectivity index (χ4v) is 2.16. The number of urea groups is 1. The number of nitrogens with one attached hydrogen (secondary N) is 2. The van der Waals surface area contributed by atoms with Crippen LogP contribution in [-0.4, -0.2) is 25.0 Å². The van der Waals surface area contributed by atoms with E-state index in [0.29, 0.717) is 12.5 Å². The van der Waals surface area contributed by atoms with Crippen LogP contribution in [0, 0.1) is 5.92 Å². The maximum Gasteiger partial charge on any atom is 0.321 e. The molecular weight excluding hydrogens is 266 g/mol. The molecule has 1 rings (SSSR count). The van der Waals surface area contributed by atoms with Crippen LogP contribution < -0.4 is 16.0 Å². The standard InChI is InChI=1S/C16H25N3O2/c1-4-10-17-16(21)19-14(20)11-18-15(12(2)3)13-8-6-5-7-9-13/h5-9,12,15,18H,4,10-11H2,1-3H3,(H2,17,19,20,21)/p+1/t15-/m0/s1. The fourth-order valence-electron chi connectivity index (χ4n) is 2.16. The second-order valence-electron chi connectivity index (χ2n) is 5.42. The van der Waals surface area contributed by atoms with Crippen LogP contribution in [0.3, 0.4) is 0 Å². The summed E-state index contributed by atoms with van der Waals surface area (Å²) in [5.74, 6) is 0.124. The lowest BCUT2D eigenvalue weighted by atomic mass is 9.96. The summed E-state index contributed by atoms with van der Waals surface area (Å²) in [6.07, 6.45) is 0.844. The van der Waals surface area contributed by atoms with Gasteiger partial charge in [0.15, 0.2) is 6.54 Å². The predicted molar refractivity (Wildman–Crippen MR) is 82.6 cm³/mol. The van der Waals surface area contributed by atoms with Crippen LogP contribution in [0.1, 0.15) is 38.8 Å². The highest BCUT2D eigenvalue weighted by Gasteiger charge is 2.20. The quantitative estimate of drug-likeness (QED) is 0.706. The normalized spacial score (nSPS) is 12.0. The van der Waals surface area contributed by atoms with Gasteiger partial charge in [0.1, 0.15) is 6.04 Å². The number of carbonyl (C=O) groups is 2. The molecule has 0 aliphatic rings. The molecule has 1 aromatic rings. The van der Waals surface area contributed by atoms with Gasteiger partial charge in [0, 0.05) is 18.0 Å². The maximum atomic E-state index is 11.8. The lowest BCUT2D eigenvalue weighted by molar-refractivity contribution is -0.692. The molecule has 5 heteroatoms. The summed E-state index contributed by atoms with van der Waals surface area (Å²) in [5.41, 5.74) is 1.19. The third kappa shape index (κ3) is 6.40. The Morgan fingerprint density at radius 3 is 2.43 bits per heavy atom. The van der Waals surface area contributed by atoms with Crippen molar-refractivity contribution in [3.8, 4) is 0 Å². The molecule has 0 radical (unpaired) electrons. The van der Waals surface area contributed by atoms with Crippen molar-refractivity contribution < 1.29 is 14.9 Å². The van der Waals surface area contributed by atoms with Gasteiger partial charge in [-0.25, -0.2) is 4.79 Å². The minimum atomic E-state index is -0.420. The summed E-state index contributed by atoms with van der Waals surface area (Å²) in [6, 6.07) is 9.88. The van der Waals surface area contributed by atoms with Gasteiger partial charge < -0.3 is 10.6 Å². The van der Waals surface area contributed by atoms with Crippen molar-refractivity contribution >= 4 is 11.9 Å². The van der Waals surface area contributed by atoms with Gasteiger partial charge in [0.2, 0.25) is 0 Å². The van der Waals surface area contributed by atoms with Crippen LogP contribution in [0.2, 0.25) is 0 Å². The minimum Gasteiger partial charge on any atom is -0.338 e. The molecule has 3 amide bonds. The van der Waals surface area contributed by atoms with E-state index in [2.05, 4.69) is 36.6 Å². The van der Waals surface area contributed by atoms with Crippen molar-refractivity contribution in [2.24, 2.45) is 5.92 Å². The van der Waals surface area contributed by atoms with E-state index in [9.17, 15) is 9.59 Å². The van der Waals surface area contributed by atoms with Crippen LogP contribution >= 0.6 is 0 Å². The zero-order valence-corrected chi connectivity index (χ0v) is 13.1. The van der Waals surface area contributed by atoms with Crippen molar-refractivity contribution in [2.75, 3.05) is 13.1 Å². The first kappa shape index (κ1) is 17.2. The molecular formula is C16H26N3O2+. The van der Waals surface area contributed by atoms with Crippen LogP contribution in [0.15, 0.2) is 30.3 Å². The molecule has 21 heavy (non-hydrogen) atoms. The molecule has 5 nitrogen and oxygen atoms in total. The Balaban J connectivity index is 2.47. The Labute approximate surface area is 126 Å². The molecule has 0 aromatic heterocycles. The van der Waals surface area contributed by atoms with Gasteiger partial charge in [-0.2, -0.15) is 0 Å². The van der Waals surface area contributed by atoms with Crippen LogP contribution in [0.4, 0.5) is 4.79 Å². The van der Waals surface area contributed by atoms with Crippen LogP contribution in [-0.2, 0) is 4.79 Å². The van der Waals surface area contributed by atoms with Gasteiger partial charge in [-0.05, 0) is 6.42 Å². The van der Waals surface area contributed by atoms with Crippen molar-refractivity contribution in [2.45, 2.75) is 33.2 Å². The van der Waals surface area contributed by atoms with Crippen molar-refractivity contribution in [1.29, 1.82) is 0 Å². The SMILES string of the molecule is CCCNC(=O)NC(=O)C[NH2+][C@H](c1ccccc1)C(C)C. The molecule has 0 heterocycles. The zero-order chi connectivity index (χ0) is 15.7. The number of amides is 3. The molecule has 4 N–H and O–H groups in total. The topological polar surface area (TPSA) is 74.8 Å². The molecule has 0 saturated heterocycles. The summed E-state index contributed by atoms with van der Waals surface area (Å²) in [7, 11) is 0. The third-order valence-corrected chi connectivity index (χ3v) is 3.25. The molecule has 0 unspecified atom stereocenters. The number of carbonyl (C=O) groups excluding carboxylic acids is 2. The molecule has 0 aliphatic carbocycles. The van der Waals surface area contributed by atoms with Gasteiger partial charge in [-0.15, -0.1) is 0 Å². The highest BCUT2D eigenvalue weighted by Crippen LogP contribution is 2.16. The Bertz CT molecular complexity index is 446. The first-order chi connectivity index (χ1) is 10.0. The van der Waals surface area contributed by atoms with Gasteiger partial charge in [0.25, 0.3) is 5.91 Å². The number of quaternary nitrogens is 1. The lowest BCUT2D eigenvalue weighted by Gasteiger charge is -2.19. The molecule has 0 bridgehead atoms. The van der Waals surface area contributed by atoms with E-state index < -0.39 is 6.03 Å². The second kappa shape index (κ2) is 9.13. The number of nitrogens with two attached hydrogens (primary N) is 1. The van der Waals surface area contributed by atoms with Gasteiger partial charge in [-0.3, -0.25) is 10.1 Å². The third-order valence-electron chi connectivity index (χ3n) is 3.25. The Morgan fingerprint density at radius 1 is 1.19 bits per heavy atom.